The Morgan fingerprint density at radius 3 is 2.38 bits per heavy atom. The Kier molecular flexibility index (Phi) is 5.40. The summed E-state index contributed by atoms with van der Waals surface area (Å²) in [5.41, 5.74) is 1.18. The van der Waals surface area contributed by atoms with Crippen LogP contribution in [0.4, 0.5) is 0 Å². The molecule has 0 saturated carbocycles. The summed E-state index contributed by atoms with van der Waals surface area (Å²) in [5, 5.41) is 3.56. The minimum Gasteiger partial charge on any atom is -0.321 e. The Labute approximate surface area is 128 Å². The molecule has 2 rings (SSSR count). The second-order valence-corrected chi connectivity index (χ2v) is 6.35. The minimum atomic E-state index is -0.0516. The van der Waals surface area contributed by atoms with Crippen LogP contribution < -0.4 is 5.32 Å². The van der Waals surface area contributed by atoms with Crippen LogP contribution in [0, 0.1) is 11.8 Å². The van der Waals surface area contributed by atoms with Crippen LogP contribution in [0.15, 0.2) is 30.3 Å². The van der Waals surface area contributed by atoms with Crippen molar-refractivity contribution in [2.45, 2.75) is 52.7 Å². The Morgan fingerprint density at radius 1 is 1.14 bits per heavy atom. The van der Waals surface area contributed by atoms with Gasteiger partial charge in [0.2, 0.25) is 5.91 Å². The van der Waals surface area contributed by atoms with Gasteiger partial charge in [0.1, 0.15) is 6.17 Å². The van der Waals surface area contributed by atoms with Gasteiger partial charge in [-0.1, -0.05) is 70.9 Å². The van der Waals surface area contributed by atoms with Crippen LogP contribution in [0.3, 0.4) is 0 Å². The first kappa shape index (κ1) is 16.0. The van der Waals surface area contributed by atoms with E-state index in [0.29, 0.717) is 11.8 Å². The Balaban J connectivity index is 2.25. The lowest BCUT2D eigenvalue weighted by atomic mass is 9.99. The van der Waals surface area contributed by atoms with Gasteiger partial charge in [-0.25, -0.2) is 0 Å². The average Bonchev–Trinajstić information content (AvgIpc) is 2.84. The topological polar surface area (TPSA) is 32.3 Å². The van der Waals surface area contributed by atoms with E-state index in [4.69, 9.17) is 0 Å². The summed E-state index contributed by atoms with van der Waals surface area (Å²) >= 11 is 0. The van der Waals surface area contributed by atoms with Crippen LogP contribution in [-0.4, -0.2) is 23.4 Å². The monoisotopic (exact) mass is 288 g/mol. The average molecular weight is 288 g/mol. The highest BCUT2D eigenvalue weighted by Gasteiger charge is 2.41. The fourth-order valence-corrected chi connectivity index (χ4v) is 2.85. The first-order valence-corrected chi connectivity index (χ1v) is 8.19. The third kappa shape index (κ3) is 3.46. The SMILES string of the molecule is CCC(C)CN1C(=O)C(C(C)CC)NC1c1ccccc1. The van der Waals surface area contributed by atoms with Crippen molar-refractivity contribution < 1.29 is 4.79 Å². The quantitative estimate of drug-likeness (QED) is 0.868. The summed E-state index contributed by atoms with van der Waals surface area (Å²) in [7, 11) is 0. The van der Waals surface area contributed by atoms with Crippen molar-refractivity contribution >= 4 is 5.91 Å². The number of nitrogens with zero attached hydrogens (tertiary/aromatic N) is 1. The molecule has 1 saturated heterocycles. The van der Waals surface area contributed by atoms with Crippen molar-refractivity contribution in [1.29, 1.82) is 0 Å². The van der Waals surface area contributed by atoms with Crippen LogP contribution in [0.2, 0.25) is 0 Å². The maximum absolute atomic E-state index is 12.8. The predicted molar refractivity (Wildman–Crippen MR) is 86.7 cm³/mol. The molecule has 0 spiro atoms. The van der Waals surface area contributed by atoms with Crippen molar-refractivity contribution in [3.05, 3.63) is 35.9 Å². The third-order valence-corrected chi connectivity index (χ3v) is 4.73. The number of rotatable bonds is 6. The van der Waals surface area contributed by atoms with Crippen molar-refractivity contribution in [3.63, 3.8) is 0 Å². The molecular formula is C18H28N2O. The Morgan fingerprint density at radius 2 is 1.81 bits per heavy atom. The Hall–Kier alpha value is -1.35. The standard InChI is InChI=1S/C18H28N2O/c1-5-13(3)12-20-17(15-10-8-7-9-11-15)19-16(18(20)21)14(4)6-2/h7-11,13-14,16-17,19H,5-6,12H2,1-4H3. The lowest BCUT2D eigenvalue weighted by Crippen LogP contribution is -2.36. The molecule has 4 atom stereocenters. The van der Waals surface area contributed by atoms with Crippen LogP contribution in [0.5, 0.6) is 0 Å². The van der Waals surface area contributed by atoms with E-state index in [1.165, 1.54) is 5.56 Å². The molecule has 1 aliphatic rings. The van der Waals surface area contributed by atoms with E-state index in [-0.39, 0.29) is 18.1 Å². The largest absolute Gasteiger partial charge is 0.321 e. The molecule has 1 fully saturated rings. The molecule has 0 aliphatic carbocycles. The molecule has 1 aromatic carbocycles. The molecule has 1 amide bonds. The number of benzene rings is 1. The zero-order valence-corrected chi connectivity index (χ0v) is 13.7. The van der Waals surface area contributed by atoms with Crippen LogP contribution >= 0.6 is 0 Å². The van der Waals surface area contributed by atoms with Crippen molar-refractivity contribution in [2.75, 3.05) is 6.54 Å². The molecule has 1 aromatic rings. The van der Waals surface area contributed by atoms with Gasteiger partial charge in [-0.3, -0.25) is 10.1 Å². The lowest BCUT2D eigenvalue weighted by Gasteiger charge is -2.27. The summed E-state index contributed by atoms with van der Waals surface area (Å²) in [6.45, 7) is 9.53. The highest BCUT2D eigenvalue weighted by atomic mass is 16.2. The summed E-state index contributed by atoms with van der Waals surface area (Å²) in [5.74, 6) is 1.15. The second kappa shape index (κ2) is 7.08. The van der Waals surface area contributed by atoms with E-state index in [1.54, 1.807) is 0 Å². The van der Waals surface area contributed by atoms with Crippen LogP contribution in [0.25, 0.3) is 0 Å². The van der Waals surface area contributed by atoms with Gasteiger partial charge in [0.15, 0.2) is 0 Å². The fraction of sp³-hybridized carbons (Fsp3) is 0.611. The van der Waals surface area contributed by atoms with Gasteiger partial charge in [0.05, 0.1) is 6.04 Å². The van der Waals surface area contributed by atoms with E-state index in [0.717, 1.165) is 19.4 Å². The normalized spacial score (nSPS) is 25.1. The summed E-state index contributed by atoms with van der Waals surface area (Å²) in [6.07, 6.45) is 2.13. The zero-order chi connectivity index (χ0) is 15.4. The molecule has 0 aromatic heterocycles. The van der Waals surface area contributed by atoms with E-state index < -0.39 is 0 Å². The van der Waals surface area contributed by atoms with Gasteiger partial charge in [-0.2, -0.15) is 0 Å². The Bertz CT molecular complexity index is 460. The maximum atomic E-state index is 12.8. The van der Waals surface area contributed by atoms with Crippen molar-refractivity contribution in [3.8, 4) is 0 Å². The molecular weight excluding hydrogens is 260 g/mol. The smallest absolute Gasteiger partial charge is 0.241 e. The molecule has 0 radical (unpaired) electrons. The van der Waals surface area contributed by atoms with Gasteiger partial charge in [-0.05, 0) is 17.4 Å². The van der Waals surface area contributed by atoms with E-state index >= 15 is 0 Å². The van der Waals surface area contributed by atoms with Gasteiger partial charge in [0.25, 0.3) is 0 Å². The summed E-state index contributed by atoms with van der Waals surface area (Å²) in [6, 6.07) is 10.3. The molecule has 3 heteroatoms. The van der Waals surface area contributed by atoms with Gasteiger partial charge in [0, 0.05) is 6.54 Å². The number of carbonyl (C=O) groups excluding carboxylic acids is 1. The molecule has 1 aliphatic heterocycles. The lowest BCUT2D eigenvalue weighted by molar-refractivity contribution is -0.131. The zero-order valence-electron chi connectivity index (χ0n) is 13.7. The minimum absolute atomic E-state index is 0.0201. The molecule has 3 nitrogen and oxygen atoms in total. The van der Waals surface area contributed by atoms with Gasteiger partial charge in [-0.15, -0.1) is 0 Å². The first-order valence-electron chi connectivity index (χ1n) is 8.19. The summed E-state index contributed by atoms with van der Waals surface area (Å²) < 4.78 is 0. The van der Waals surface area contributed by atoms with Crippen molar-refractivity contribution in [2.24, 2.45) is 11.8 Å². The van der Waals surface area contributed by atoms with Gasteiger partial charge >= 0.3 is 0 Å². The van der Waals surface area contributed by atoms with E-state index in [9.17, 15) is 4.79 Å². The molecule has 0 bridgehead atoms. The molecule has 1 N–H and O–H groups in total. The number of nitrogens with one attached hydrogen (secondary N) is 1. The van der Waals surface area contributed by atoms with Crippen LogP contribution in [0.1, 0.15) is 52.3 Å². The highest BCUT2D eigenvalue weighted by Crippen LogP contribution is 2.30. The maximum Gasteiger partial charge on any atom is 0.241 e. The first-order chi connectivity index (χ1) is 10.1. The number of carbonyl (C=O) groups is 1. The highest BCUT2D eigenvalue weighted by molar-refractivity contribution is 5.85. The van der Waals surface area contributed by atoms with Gasteiger partial charge < -0.3 is 4.90 Å². The van der Waals surface area contributed by atoms with E-state index in [1.807, 2.05) is 23.1 Å². The fourth-order valence-electron chi connectivity index (χ4n) is 2.85. The van der Waals surface area contributed by atoms with E-state index in [2.05, 4.69) is 45.1 Å². The molecule has 1 heterocycles. The second-order valence-electron chi connectivity index (χ2n) is 6.35. The third-order valence-electron chi connectivity index (χ3n) is 4.73. The number of hydrogen-bond acceptors (Lipinski definition) is 2. The number of hydrogen-bond donors (Lipinski definition) is 1. The molecule has 116 valence electrons. The predicted octanol–water partition coefficient (Wildman–Crippen LogP) is 3.58. The molecule has 4 unspecified atom stereocenters. The summed E-state index contributed by atoms with van der Waals surface area (Å²) in [4.78, 5) is 14.8. The van der Waals surface area contributed by atoms with Crippen LogP contribution in [-0.2, 0) is 4.79 Å². The molecule has 21 heavy (non-hydrogen) atoms. The number of amides is 1. The van der Waals surface area contributed by atoms with Crippen molar-refractivity contribution in [1.82, 2.24) is 10.2 Å².